The van der Waals surface area contributed by atoms with Crippen molar-refractivity contribution < 1.29 is 19.1 Å². The number of hydrogen-bond acceptors (Lipinski definition) is 6. The molecular weight excluding hydrogens is 276 g/mol. The molecule has 0 radical (unpaired) electrons. The number of carbonyl (C=O) groups excluding carboxylic acids is 3. The number of amides is 2. The molecule has 2 heterocycles. The first kappa shape index (κ1) is 15.4. The lowest BCUT2D eigenvalue weighted by Gasteiger charge is -2.34. The minimum Gasteiger partial charge on any atom is -0.469 e. The van der Waals surface area contributed by atoms with E-state index < -0.39 is 0 Å². The molecule has 21 heavy (non-hydrogen) atoms. The predicted molar refractivity (Wildman–Crippen MR) is 74.5 cm³/mol. The molecule has 8 heteroatoms. The summed E-state index contributed by atoms with van der Waals surface area (Å²) in [6.45, 7) is 3.30. The molecule has 2 aliphatic rings. The monoisotopic (exact) mass is 296 g/mol. The van der Waals surface area contributed by atoms with Gasteiger partial charge in [0.05, 0.1) is 13.5 Å². The minimum atomic E-state index is -0.221. The molecule has 0 aliphatic carbocycles. The summed E-state index contributed by atoms with van der Waals surface area (Å²) in [6, 6.07) is 0. The molecule has 2 aliphatic heterocycles. The number of esters is 1. The molecule has 1 N–H and O–H groups in total. The van der Waals surface area contributed by atoms with Gasteiger partial charge in [-0.25, -0.2) is 5.43 Å². The smallest absolute Gasteiger partial charge is 0.306 e. The van der Waals surface area contributed by atoms with E-state index >= 15 is 0 Å². The molecule has 2 amide bonds. The average Bonchev–Trinajstić information content (AvgIpc) is 2.53. The maximum atomic E-state index is 12.2. The number of nitrogens with one attached hydrogen (secondary N) is 1. The zero-order chi connectivity index (χ0) is 15.2. The second-order valence-electron chi connectivity index (χ2n) is 5.05. The lowest BCUT2D eigenvalue weighted by atomic mass is 10.1. The summed E-state index contributed by atoms with van der Waals surface area (Å²) >= 11 is 0. The summed E-state index contributed by atoms with van der Waals surface area (Å²) in [5.41, 5.74) is 2.75. The second-order valence-corrected chi connectivity index (χ2v) is 5.05. The first-order chi connectivity index (χ1) is 10.1. The van der Waals surface area contributed by atoms with Crippen LogP contribution in [0.4, 0.5) is 0 Å². The van der Waals surface area contributed by atoms with E-state index in [4.69, 9.17) is 0 Å². The Morgan fingerprint density at radius 3 is 2.52 bits per heavy atom. The number of nitrogens with zero attached hydrogens (tertiary/aromatic N) is 3. The van der Waals surface area contributed by atoms with Crippen LogP contribution in [-0.2, 0) is 19.1 Å². The Hall–Kier alpha value is -1.96. The molecule has 116 valence electrons. The lowest BCUT2D eigenvalue weighted by molar-refractivity contribution is -0.141. The summed E-state index contributed by atoms with van der Waals surface area (Å²) in [6.07, 6.45) is 1.07. The number of methoxy groups -OCH3 is 1. The number of ether oxygens (including phenoxy) is 1. The average molecular weight is 296 g/mol. The van der Waals surface area contributed by atoms with E-state index in [1.54, 1.807) is 4.90 Å². The van der Waals surface area contributed by atoms with Gasteiger partial charge in [-0.15, -0.1) is 0 Å². The maximum absolute atomic E-state index is 12.2. The zero-order valence-corrected chi connectivity index (χ0v) is 12.1. The molecule has 2 rings (SSSR count). The normalized spacial score (nSPS) is 19.8. The van der Waals surface area contributed by atoms with Crippen LogP contribution in [0.5, 0.6) is 0 Å². The molecule has 0 atom stereocenters. The topological polar surface area (TPSA) is 91.3 Å². The maximum Gasteiger partial charge on any atom is 0.306 e. The van der Waals surface area contributed by atoms with Crippen molar-refractivity contribution in [2.45, 2.75) is 19.3 Å². The van der Waals surface area contributed by atoms with Crippen LogP contribution in [0.1, 0.15) is 19.3 Å². The van der Waals surface area contributed by atoms with Crippen molar-refractivity contribution in [1.29, 1.82) is 0 Å². The third kappa shape index (κ3) is 4.25. The summed E-state index contributed by atoms with van der Waals surface area (Å²) in [7, 11) is 1.38. The third-order valence-corrected chi connectivity index (χ3v) is 3.67. The van der Waals surface area contributed by atoms with Crippen molar-refractivity contribution in [3.63, 3.8) is 0 Å². The van der Waals surface area contributed by atoms with E-state index in [1.807, 2.05) is 0 Å². The molecule has 1 saturated heterocycles. The third-order valence-electron chi connectivity index (χ3n) is 3.67. The van der Waals surface area contributed by atoms with Crippen molar-refractivity contribution in [3.05, 3.63) is 0 Å². The fourth-order valence-electron chi connectivity index (χ4n) is 2.34. The molecule has 0 spiro atoms. The molecule has 0 bridgehead atoms. The van der Waals surface area contributed by atoms with Gasteiger partial charge in [0.25, 0.3) is 5.91 Å². The number of piperazine rings is 1. The molecule has 1 fully saturated rings. The molecule has 0 aromatic heterocycles. The van der Waals surface area contributed by atoms with Crippen LogP contribution in [0.2, 0.25) is 0 Å². The fraction of sp³-hybridized carbons (Fsp3) is 0.692. The van der Waals surface area contributed by atoms with Crippen LogP contribution < -0.4 is 5.43 Å². The van der Waals surface area contributed by atoms with Gasteiger partial charge in [0.2, 0.25) is 5.91 Å². The van der Waals surface area contributed by atoms with Crippen molar-refractivity contribution >= 4 is 23.5 Å². The Labute approximate surface area is 123 Å². The summed E-state index contributed by atoms with van der Waals surface area (Å²) in [5, 5.41) is 3.83. The SMILES string of the molecule is COC(=O)CCN1CCN(C(=O)C2=NNC(=O)CC2)CC1. The molecule has 0 aromatic rings. The van der Waals surface area contributed by atoms with Gasteiger partial charge in [-0.05, 0) is 0 Å². The molecular formula is C13H20N4O4. The van der Waals surface area contributed by atoms with Crippen LogP contribution in [0.3, 0.4) is 0 Å². The molecule has 8 nitrogen and oxygen atoms in total. The molecule has 0 unspecified atom stereocenters. The van der Waals surface area contributed by atoms with Crippen LogP contribution >= 0.6 is 0 Å². The number of carbonyl (C=O) groups is 3. The highest BCUT2D eigenvalue weighted by Crippen LogP contribution is 2.08. The van der Waals surface area contributed by atoms with Gasteiger partial charge in [-0.1, -0.05) is 0 Å². The van der Waals surface area contributed by atoms with Gasteiger partial charge in [-0.2, -0.15) is 5.10 Å². The van der Waals surface area contributed by atoms with Crippen LogP contribution in [0.25, 0.3) is 0 Å². The summed E-state index contributed by atoms with van der Waals surface area (Å²) in [5.74, 6) is -0.484. The lowest BCUT2D eigenvalue weighted by Crippen LogP contribution is -2.51. The zero-order valence-electron chi connectivity index (χ0n) is 12.1. The van der Waals surface area contributed by atoms with E-state index in [0.29, 0.717) is 44.6 Å². The Morgan fingerprint density at radius 2 is 1.95 bits per heavy atom. The number of hydrazone groups is 1. The van der Waals surface area contributed by atoms with E-state index in [1.165, 1.54) is 7.11 Å². The van der Waals surface area contributed by atoms with Crippen molar-refractivity contribution in [1.82, 2.24) is 15.2 Å². The number of rotatable bonds is 4. The molecule has 0 saturated carbocycles. The quantitative estimate of drug-likeness (QED) is 0.669. The Kier molecular flexibility index (Phi) is 5.26. The van der Waals surface area contributed by atoms with Gasteiger partial charge < -0.3 is 9.64 Å². The second kappa shape index (κ2) is 7.16. The fourth-order valence-corrected chi connectivity index (χ4v) is 2.34. The van der Waals surface area contributed by atoms with Crippen LogP contribution in [-0.4, -0.2) is 73.1 Å². The van der Waals surface area contributed by atoms with Gasteiger partial charge in [0.1, 0.15) is 5.71 Å². The van der Waals surface area contributed by atoms with Crippen molar-refractivity contribution in [2.24, 2.45) is 5.10 Å². The Bertz CT molecular complexity index is 455. The predicted octanol–water partition coefficient (Wildman–Crippen LogP) is -1.04. The van der Waals surface area contributed by atoms with E-state index in [9.17, 15) is 14.4 Å². The van der Waals surface area contributed by atoms with Crippen LogP contribution in [0.15, 0.2) is 5.10 Å². The highest BCUT2D eigenvalue weighted by Gasteiger charge is 2.26. The van der Waals surface area contributed by atoms with E-state index in [2.05, 4.69) is 20.2 Å². The number of hydrogen-bond donors (Lipinski definition) is 1. The highest BCUT2D eigenvalue weighted by molar-refractivity contribution is 6.39. The summed E-state index contributed by atoms with van der Waals surface area (Å²) < 4.78 is 4.61. The van der Waals surface area contributed by atoms with Crippen molar-refractivity contribution in [3.8, 4) is 0 Å². The summed E-state index contributed by atoms with van der Waals surface area (Å²) in [4.78, 5) is 38.2. The van der Waals surface area contributed by atoms with Crippen LogP contribution in [0, 0.1) is 0 Å². The largest absolute Gasteiger partial charge is 0.469 e. The first-order valence-corrected chi connectivity index (χ1v) is 7.04. The van der Waals surface area contributed by atoms with Crippen molar-refractivity contribution in [2.75, 3.05) is 39.8 Å². The van der Waals surface area contributed by atoms with Gasteiger partial charge in [0, 0.05) is 45.6 Å². The minimum absolute atomic E-state index is 0.109. The van der Waals surface area contributed by atoms with E-state index in [-0.39, 0.29) is 17.8 Å². The van der Waals surface area contributed by atoms with E-state index in [0.717, 1.165) is 13.1 Å². The van der Waals surface area contributed by atoms with Gasteiger partial charge in [0.15, 0.2) is 0 Å². The Balaban J connectivity index is 1.77. The van der Waals surface area contributed by atoms with Gasteiger partial charge >= 0.3 is 5.97 Å². The highest BCUT2D eigenvalue weighted by atomic mass is 16.5. The Morgan fingerprint density at radius 1 is 1.24 bits per heavy atom. The first-order valence-electron chi connectivity index (χ1n) is 7.04. The standard InChI is InChI=1S/C13H20N4O4/c1-21-12(19)4-5-16-6-8-17(9-7-16)13(20)10-2-3-11(18)15-14-10/h2-9H2,1H3,(H,15,18). The molecule has 0 aromatic carbocycles. The van der Waals surface area contributed by atoms with Gasteiger partial charge in [-0.3, -0.25) is 19.3 Å².